The Labute approximate surface area is 186 Å². The minimum Gasteiger partial charge on any atom is -0.373 e. The van der Waals surface area contributed by atoms with Gasteiger partial charge in [0.2, 0.25) is 0 Å². The Morgan fingerprint density at radius 3 is 2.61 bits per heavy atom. The van der Waals surface area contributed by atoms with Crippen molar-refractivity contribution >= 4 is 29.9 Å². The molecule has 3 fully saturated rings. The standard InChI is InChI=1S/C22H34N4O.HI/c1-23-22(25-20-14-19-9-10-21(20)27-19)24-15-17-7-6-8-18(13-17)16-26-11-4-2-3-5-12-26;/h6-8,13,19-21H,2-5,9-12,14-16H2,1H3,(H2,23,24,25);1H. The zero-order valence-electron chi connectivity index (χ0n) is 17.0. The van der Waals surface area contributed by atoms with Crippen LogP contribution in [0.5, 0.6) is 0 Å². The number of guanidine groups is 1. The van der Waals surface area contributed by atoms with Crippen LogP contribution in [0.25, 0.3) is 0 Å². The van der Waals surface area contributed by atoms with Crippen molar-refractivity contribution in [3.8, 4) is 0 Å². The van der Waals surface area contributed by atoms with Gasteiger partial charge in [-0.2, -0.15) is 0 Å². The van der Waals surface area contributed by atoms with Gasteiger partial charge in [0.05, 0.1) is 18.2 Å². The van der Waals surface area contributed by atoms with Crippen LogP contribution < -0.4 is 10.6 Å². The Hall–Kier alpha value is -0.860. The fourth-order valence-electron chi connectivity index (χ4n) is 4.74. The molecule has 1 aromatic carbocycles. The Morgan fingerprint density at radius 1 is 1.14 bits per heavy atom. The number of aliphatic imine (C=N–C) groups is 1. The molecule has 2 bridgehead atoms. The smallest absolute Gasteiger partial charge is 0.191 e. The van der Waals surface area contributed by atoms with Crippen molar-refractivity contribution in [3.05, 3.63) is 35.4 Å². The van der Waals surface area contributed by atoms with Crippen LogP contribution in [-0.4, -0.2) is 49.2 Å². The number of likely N-dealkylation sites (tertiary alicyclic amines) is 1. The van der Waals surface area contributed by atoms with Gasteiger partial charge in [-0.05, 0) is 56.3 Å². The number of rotatable bonds is 5. The quantitative estimate of drug-likeness (QED) is 0.370. The topological polar surface area (TPSA) is 48.9 Å². The molecule has 0 amide bonds. The molecule has 3 aliphatic heterocycles. The molecular weight excluding hydrogens is 463 g/mol. The zero-order valence-corrected chi connectivity index (χ0v) is 19.4. The molecule has 28 heavy (non-hydrogen) atoms. The molecule has 4 rings (SSSR count). The third kappa shape index (κ3) is 5.83. The van der Waals surface area contributed by atoms with Gasteiger partial charge in [0.15, 0.2) is 5.96 Å². The second kappa shape index (κ2) is 10.8. The monoisotopic (exact) mass is 498 g/mol. The summed E-state index contributed by atoms with van der Waals surface area (Å²) in [7, 11) is 1.85. The van der Waals surface area contributed by atoms with E-state index in [9.17, 15) is 0 Å². The maximum Gasteiger partial charge on any atom is 0.191 e. The average Bonchev–Trinajstić information content (AvgIpc) is 3.22. The molecule has 3 aliphatic rings. The van der Waals surface area contributed by atoms with Crippen molar-refractivity contribution in [2.24, 2.45) is 4.99 Å². The number of fused-ring (bicyclic) bond motifs is 2. The van der Waals surface area contributed by atoms with Crippen LogP contribution in [0.1, 0.15) is 56.1 Å². The molecular formula is C22H35IN4O. The van der Waals surface area contributed by atoms with Gasteiger partial charge in [-0.25, -0.2) is 0 Å². The molecule has 3 heterocycles. The zero-order chi connectivity index (χ0) is 18.5. The number of halogens is 1. The van der Waals surface area contributed by atoms with E-state index in [1.807, 2.05) is 7.05 Å². The molecule has 1 aromatic rings. The molecule has 2 N–H and O–H groups in total. The van der Waals surface area contributed by atoms with E-state index in [2.05, 4.69) is 44.8 Å². The summed E-state index contributed by atoms with van der Waals surface area (Å²) in [6.45, 7) is 4.35. The Bertz CT molecular complexity index is 645. The number of hydrogen-bond acceptors (Lipinski definition) is 3. The van der Waals surface area contributed by atoms with E-state index < -0.39 is 0 Å². The number of hydrogen-bond donors (Lipinski definition) is 2. The molecule has 0 radical (unpaired) electrons. The molecule has 3 unspecified atom stereocenters. The maximum atomic E-state index is 5.94. The highest BCUT2D eigenvalue weighted by molar-refractivity contribution is 14.0. The molecule has 0 aliphatic carbocycles. The van der Waals surface area contributed by atoms with Gasteiger partial charge in [-0.3, -0.25) is 9.89 Å². The first-order valence-electron chi connectivity index (χ1n) is 10.7. The largest absolute Gasteiger partial charge is 0.373 e. The van der Waals surface area contributed by atoms with Crippen LogP contribution in [0, 0.1) is 0 Å². The first-order chi connectivity index (χ1) is 13.3. The summed E-state index contributed by atoms with van der Waals surface area (Å²) in [6, 6.07) is 9.39. The van der Waals surface area contributed by atoms with Gasteiger partial charge in [0, 0.05) is 20.1 Å². The SMILES string of the molecule is CN=C(NCc1cccc(CN2CCCCCC2)c1)NC1CC2CCC1O2.I. The molecule has 156 valence electrons. The summed E-state index contributed by atoms with van der Waals surface area (Å²) >= 11 is 0. The van der Waals surface area contributed by atoms with Crippen molar-refractivity contribution in [1.82, 2.24) is 15.5 Å². The average molecular weight is 498 g/mol. The molecule has 3 saturated heterocycles. The summed E-state index contributed by atoms with van der Waals surface area (Å²) < 4.78 is 5.94. The van der Waals surface area contributed by atoms with E-state index in [4.69, 9.17) is 4.74 Å². The molecule has 3 atom stereocenters. The Kier molecular flexibility index (Phi) is 8.41. The lowest BCUT2D eigenvalue weighted by atomic mass is 9.96. The van der Waals surface area contributed by atoms with E-state index >= 15 is 0 Å². The molecule has 0 saturated carbocycles. The normalized spacial score (nSPS) is 27.9. The Balaban J connectivity index is 0.00000225. The van der Waals surface area contributed by atoms with Gasteiger partial charge in [-0.1, -0.05) is 37.1 Å². The van der Waals surface area contributed by atoms with Crippen LogP contribution >= 0.6 is 24.0 Å². The second-order valence-corrected chi connectivity index (χ2v) is 8.30. The predicted molar refractivity (Wildman–Crippen MR) is 125 cm³/mol. The molecule has 5 nitrogen and oxygen atoms in total. The first kappa shape index (κ1) is 21.8. The van der Waals surface area contributed by atoms with E-state index in [-0.39, 0.29) is 24.0 Å². The Morgan fingerprint density at radius 2 is 1.93 bits per heavy atom. The fraction of sp³-hybridized carbons (Fsp3) is 0.682. The minimum atomic E-state index is 0. The van der Waals surface area contributed by atoms with Crippen LogP contribution in [0.15, 0.2) is 29.3 Å². The first-order valence-corrected chi connectivity index (χ1v) is 10.7. The highest BCUT2D eigenvalue weighted by Gasteiger charge is 2.41. The number of benzene rings is 1. The third-order valence-electron chi connectivity index (χ3n) is 6.21. The van der Waals surface area contributed by atoms with Gasteiger partial charge in [-0.15, -0.1) is 24.0 Å². The number of nitrogens with one attached hydrogen (secondary N) is 2. The third-order valence-corrected chi connectivity index (χ3v) is 6.21. The van der Waals surface area contributed by atoms with Crippen molar-refractivity contribution in [2.45, 2.75) is 76.3 Å². The summed E-state index contributed by atoms with van der Waals surface area (Å²) in [5.74, 6) is 0.883. The highest BCUT2D eigenvalue weighted by Crippen LogP contribution is 2.34. The summed E-state index contributed by atoms with van der Waals surface area (Å²) in [4.78, 5) is 7.01. The number of ether oxygens (including phenoxy) is 1. The van der Waals surface area contributed by atoms with Crippen molar-refractivity contribution in [2.75, 3.05) is 20.1 Å². The van der Waals surface area contributed by atoms with Crippen LogP contribution in [0.2, 0.25) is 0 Å². The second-order valence-electron chi connectivity index (χ2n) is 8.30. The molecule has 6 heteroatoms. The number of nitrogens with zero attached hydrogens (tertiary/aromatic N) is 2. The lowest BCUT2D eigenvalue weighted by molar-refractivity contribution is 0.0992. The summed E-state index contributed by atoms with van der Waals surface area (Å²) in [5.41, 5.74) is 2.73. The van der Waals surface area contributed by atoms with E-state index in [0.29, 0.717) is 18.2 Å². The predicted octanol–water partition coefficient (Wildman–Crippen LogP) is 3.67. The van der Waals surface area contributed by atoms with Crippen molar-refractivity contribution < 1.29 is 4.74 Å². The molecule has 0 spiro atoms. The van der Waals surface area contributed by atoms with Crippen LogP contribution in [0.3, 0.4) is 0 Å². The maximum absolute atomic E-state index is 5.94. The van der Waals surface area contributed by atoms with Crippen molar-refractivity contribution in [1.29, 1.82) is 0 Å². The van der Waals surface area contributed by atoms with E-state index in [1.165, 1.54) is 62.7 Å². The minimum absolute atomic E-state index is 0. The fourth-order valence-corrected chi connectivity index (χ4v) is 4.74. The van der Waals surface area contributed by atoms with Gasteiger partial charge in [0.1, 0.15) is 0 Å². The van der Waals surface area contributed by atoms with E-state index in [1.54, 1.807) is 0 Å². The van der Waals surface area contributed by atoms with E-state index in [0.717, 1.165) is 25.5 Å². The van der Waals surface area contributed by atoms with Gasteiger partial charge >= 0.3 is 0 Å². The lowest BCUT2D eigenvalue weighted by Crippen LogP contribution is -2.47. The summed E-state index contributed by atoms with van der Waals surface area (Å²) in [6.07, 6.45) is 9.80. The van der Waals surface area contributed by atoms with Gasteiger partial charge < -0.3 is 15.4 Å². The summed E-state index contributed by atoms with van der Waals surface area (Å²) in [5, 5.41) is 7.04. The lowest BCUT2D eigenvalue weighted by Gasteiger charge is -2.23. The highest BCUT2D eigenvalue weighted by atomic mass is 127. The van der Waals surface area contributed by atoms with Crippen LogP contribution in [-0.2, 0) is 17.8 Å². The van der Waals surface area contributed by atoms with Gasteiger partial charge in [0.25, 0.3) is 0 Å². The molecule has 0 aromatic heterocycles. The van der Waals surface area contributed by atoms with Crippen LogP contribution in [0.4, 0.5) is 0 Å². The van der Waals surface area contributed by atoms with Crippen molar-refractivity contribution in [3.63, 3.8) is 0 Å².